The molecular formula is C15H10N4S. The van der Waals surface area contributed by atoms with Crippen LogP contribution < -0.4 is 0 Å². The van der Waals surface area contributed by atoms with Crippen molar-refractivity contribution >= 4 is 22.4 Å². The van der Waals surface area contributed by atoms with E-state index in [0.29, 0.717) is 0 Å². The Labute approximate surface area is 119 Å². The van der Waals surface area contributed by atoms with Gasteiger partial charge in [-0.25, -0.2) is 9.97 Å². The highest BCUT2D eigenvalue weighted by molar-refractivity contribution is 7.18. The van der Waals surface area contributed by atoms with Crippen molar-refractivity contribution in [2.75, 3.05) is 0 Å². The van der Waals surface area contributed by atoms with Gasteiger partial charge in [0.2, 0.25) is 0 Å². The van der Waals surface area contributed by atoms with Gasteiger partial charge in [-0.05, 0) is 6.07 Å². The maximum Gasteiger partial charge on any atom is 0.150 e. The molecule has 0 fully saturated rings. The Morgan fingerprint density at radius 2 is 1.90 bits per heavy atom. The molecule has 4 nitrogen and oxygen atoms in total. The second-order valence-corrected chi connectivity index (χ2v) is 5.40. The predicted octanol–water partition coefficient (Wildman–Crippen LogP) is 3.75. The first-order chi connectivity index (χ1) is 9.90. The molecule has 5 heteroatoms. The van der Waals surface area contributed by atoms with Crippen LogP contribution in [0.1, 0.15) is 0 Å². The van der Waals surface area contributed by atoms with Gasteiger partial charge in [0.15, 0.2) is 0 Å². The number of nitrogens with one attached hydrogen (secondary N) is 1. The van der Waals surface area contributed by atoms with Gasteiger partial charge in [0.05, 0.1) is 22.1 Å². The summed E-state index contributed by atoms with van der Waals surface area (Å²) in [5, 5.41) is 0.999. The molecule has 3 aromatic heterocycles. The van der Waals surface area contributed by atoms with E-state index in [-0.39, 0.29) is 0 Å². The van der Waals surface area contributed by atoms with Crippen LogP contribution in [-0.4, -0.2) is 19.9 Å². The van der Waals surface area contributed by atoms with Crippen molar-refractivity contribution in [3.05, 3.63) is 55.0 Å². The average Bonchev–Trinajstić information content (AvgIpc) is 3.14. The van der Waals surface area contributed by atoms with Crippen LogP contribution in [-0.2, 0) is 0 Å². The second-order valence-electron chi connectivity index (χ2n) is 4.37. The van der Waals surface area contributed by atoms with Gasteiger partial charge < -0.3 is 4.98 Å². The van der Waals surface area contributed by atoms with Crippen molar-refractivity contribution in [2.45, 2.75) is 0 Å². The summed E-state index contributed by atoms with van der Waals surface area (Å²) in [5.74, 6) is 0.840. The number of pyridine rings is 1. The topological polar surface area (TPSA) is 54.5 Å². The molecule has 96 valence electrons. The standard InChI is InChI=1S/C15H10N4S/c1-2-4-10(5-3-1)15-17-9-13(20-15)14-18-11-6-7-16-8-12(11)19-14/h1-9H,(H,18,19). The highest BCUT2D eigenvalue weighted by Crippen LogP contribution is 2.31. The Morgan fingerprint density at radius 3 is 2.75 bits per heavy atom. The minimum absolute atomic E-state index is 0.840. The number of hydrogen-bond donors (Lipinski definition) is 1. The summed E-state index contributed by atoms with van der Waals surface area (Å²) in [6.45, 7) is 0. The summed E-state index contributed by atoms with van der Waals surface area (Å²) < 4.78 is 0. The summed E-state index contributed by atoms with van der Waals surface area (Å²) in [7, 11) is 0. The lowest BCUT2D eigenvalue weighted by Crippen LogP contribution is -1.72. The van der Waals surface area contributed by atoms with Crippen molar-refractivity contribution in [3.63, 3.8) is 0 Å². The smallest absolute Gasteiger partial charge is 0.150 e. The minimum atomic E-state index is 0.840. The van der Waals surface area contributed by atoms with Gasteiger partial charge in [-0.15, -0.1) is 11.3 Å². The Hall–Kier alpha value is -2.53. The maximum absolute atomic E-state index is 4.56. The minimum Gasteiger partial charge on any atom is -0.336 e. The largest absolute Gasteiger partial charge is 0.336 e. The Balaban J connectivity index is 1.78. The molecule has 0 spiro atoms. The molecule has 0 aliphatic carbocycles. The fourth-order valence-electron chi connectivity index (χ4n) is 2.07. The van der Waals surface area contributed by atoms with Crippen LogP contribution in [0.5, 0.6) is 0 Å². The third-order valence-corrected chi connectivity index (χ3v) is 4.10. The summed E-state index contributed by atoms with van der Waals surface area (Å²) in [6, 6.07) is 12.1. The van der Waals surface area contributed by atoms with Crippen LogP contribution >= 0.6 is 11.3 Å². The molecule has 0 amide bonds. The summed E-state index contributed by atoms with van der Waals surface area (Å²) >= 11 is 1.63. The molecule has 0 aliphatic heterocycles. The van der Waals surface area contributed by atoms with Crippen molar-refractivity contribution in [1.82, 2.24) is 19.9 Å². The van der Waals surface area contributed by atoms with Crippen LogP contribution in [0.4, 0.5) is 0 Å². The molecule has 4 rings (SSSR count). The molecule has 4 aromatic rings. The van der Waals surface area contributed by atoms with E-state index in [1.165, 1.54) is 0 Å². The van der Waals surface area contributed by atoms with Gasteiger partial charge in [0.1, 0.15) is 10.8 Å². The summed E-state index contributed by atoms with van der Waals surface area (Å²) in [4.78, 5) is 17.4. The number of benzene rings is 1. The van der Waals surface area contributed by atoms with Crippen LogP contribution in [0.25, 0.3) is 32.3 Å². The molecule has 0 bridgehead atoms. The second kappa shape index (κ2) is 4.54. The Bertz CT molecular complexity index is 831. The molecule has 0 unspecified atom stereocenters. The molecule has 1 aromatic carbocycles. The number of aromatic amines is 1. The SMILES string of the molecule is c1ccc(-c2ncc(-c3nc4ccncc4[nH]3)s2)cc1. The number of aromatic nitrogens is 4. The van der Waals surface area contributed by atoms with Gasteiger partial charge in [0.25, 0.3) is 0 Å². The molecule has 0 atom stereocenters. The zero-order valence-corrected chi connectivity index (χ0v) is 11.3. The third-order valence-electron chi connectivity index (χ3n) is 3.04. The van der Waals surface area contributed by atoms with E-state index >= 15 is 0 Å². The van der Waals surface area contributed by atoms with Gasteiger partial charge in [0, 0.05) is 18.0 Å². The van der Waals surface area contributed by atoms with Gasteiger partial charge in [-0.3, -0.25) is 4.98 Å². The molecule has 3 heterocycles. The Morgan fingerprint density at radius 1 is 1.00 bits per heavy atom. The summed E-state index contributed by atoms with van der Waals surface area (Å²) in [5.41, 5.74) is 2.99. The normalized spacial score (nSPS) is 11.0. The van der Waals surface area contributed by atoms with Crippen LogP contribution in [0.3, 0.4) is 0 Å². The summed E-state index contributed by atoms with van der Waals surface area (Å²) in [6.07, 6.45) is 5.39. The first-order valence-electron chi connectivity index (χ1n) is 6.21. The lowest BCUT2D eigenvalue weighted by Gasteiger charge is -1.92. The lowest BCUT2D eigenvalue weighted by atomic mass is 10.2. The average molecular weight is 278 g/mol. The first-order valence-corrected chi connectivity index (χ1v) is 7.03. The number of rotatable bonds is 2. The molecule has 0 saturated heterocycles. The number of hydrogen-bond acceptors (Lipinski definition) is 4. The lowest BCUT2D eigenvalue weighted by molar-refractivity contribution is 1.33. The predicted molar refractivity (Wildman–Crippen MR) is 80.4 cm³/mol. The fourth-order valence-corrected chi connectivity index (χ4v) is 2.94. The zero-order chi connectivity index (χ0) is 13.4. The van der Waals surface area contributed by atoms with E-state index in [1.54, 1.807) is 23.7 Å². The van der Waals surface area contributed by atoms with E-state index in [4.69, 9.17) is 0 Å². The van der Waals surface area contributed by atoms with E-state index < -0.39 is 0 Å². The van der Waals surface area contributed by atoms with E-state index in [9.17, 15) is 0 Å². The highest BCUT2D eigenvalue weighted by Gasteiger charge is 2.10. The number of imidazole rings is 1. The van der Waals surface area contributed by atoms with Crippen molar-refractivity contribution in [3.8, 4) is 21.3 Å². The molecule has 0 aliphatic rings. The number of thiazole rings is 1. The van der Waals surface area contributed by atoms with Crippen LogP contribution in [0, 0.1) is 0 Å². The molecular weight excluding hydrogens is 268 g/mol. The number of nitrogens with zero attached hydrogens (tertiary/aromatic N) is 3. The highest BCUT2D eigenvalue weighted by atomic mass is 32.1. The van der Waals surface area contributed by atoms with Crippen LogP contribution in [0.2, 0.25) is 0 Å². The van der Waals surface area contributed by atoms with E-state index in [2.05, 4.69) is 32.1 Å². The molecule has 0 saturated carbocycles. The Kier molecular flexibility index (Phi) is 2.57. The van der Waals surface area contributed by atoms with E-state index in [1.807, 2.05) is 30.5 Å². The number of H-pyrrole nitrogens is 1. The molecule has 1 N–H and O–H groups in total. The van der Waals surface area contributed by atoms with Crippen molar-refractivity contribution < 1.29 is 0 Å². The monoisotopic (exact) mass is 278 g/mol. The zero-order valence-electron chi connectivity index (χ0n) is 10.4. The number of fused-ring (bicyclic) bond motifs is 1. The van der Waals surface area contributed by atoms with Crippen molar-refractivity contribution in [1.29, 1.82) is 0 Å². The van der Waals surface area contributed by atoms with E-state index in [0.717, 1.165) is 32.3 Å². The third kappa shape index (κ3) is 1.88. The molecule has 0 radical (unpaired) electrons. The maximum atomic E-state index is 4.56. The fraction of sp³-hybridized carbons (Fsp3) is 0. The quantitative estimate of drug-likeness (QED) is 0.607. The van der Waals surface area contributed by atoms with Crippen molar-refractivity contribution in [2.24, 2.45) is 0 Å². The first kappa shape index (κ1) is 11.3. The van der Waals surface area contributed by atoms with Gasteiger partial charge >= 0.3 is 0 Å². The molecule has 20 heavy (non-hydrogen) atoms. The van der Waals surface area contributed by atoms with Gasteiger partial charge in [-0.1, -0.05) is 30.3 Å². The van der Waals surface area contributed by atoms with Crippen LogP contribution in [0.15, 0.2) is 55.0 Å². The van der Waals surface area contributed by atoms with Gasteiger partial charge in [-0.2, -0.15) is 0 Å².